The summed E-state index contributed by atoms with van der Waals surface area (Å²) in [7, 11) is 0. The number of aromatic hydroxyl groups is 1. The highest BCUT2D eigenvalue weighted by atomic mass is 127. The number of nitrogens with zero attached hydrogens (tertiary/aromatic N) is 1. The van der Waals surface area contributed by atoms with Gasteiger partial charge >= 0.3 is 0 Å². The second-order valence-corrected chi connectivity index (χ2v) is 3.95. The maximum Gasteiger partial charge on any atom is 0.177 e. The molecule has 0 amide bonds. The molecule has 72 valence electrons. The van der Waals surface area contributed by atoms with Crippen molar-refractivity contribution >= 4 is 40.0 Å². The number of Topliss-reactive ketones (excluding diaryl/α,β-unsaturated/α-hetero) is 1. The van der Waals surface area contributed by atoms with Crippen LogP contribution in [0.1, 0.15) is 15.9 Å². The van der Waals surface area contributed by atoms with E-state index in [0.29, 0.717) is 9.13 Å². The van der Waals surface area contributed by atoms with E-state index in [9.17, 15) is 9.90 Å². The Balaban J connectivity index is 3.29. The third-order valence-electron chi connectivity index (χ3n) is 1.62. The average molecular weight is 322 g/mol. The van der Waals surface area contributed by atoms with Gasteiger partial charge in [0.05, 0.1) is 5.88 Å². The molecule has 1 aromatic rings. The molecule has 0 aliphatic heterocycles. The molecule has 5 heteroatoms. The number of benzene rings is 1. The molecule has 0 heterocycles. The third-order valence-corrected chi connectivity index (χ3v) is 2.72. The molecule has 0 aliphatic rings. The van der Waals surface area contributed by atoms with E-state index in [2.05, 4.69) is 0 Å². The third kappa shape index (κ3) is 2.16. The van der Waals surface area contributed by atoms with Crippen LogP contribution in [0.25, 0.3) is 0 Å². The van der Waals surface area contributed by atoms with Crippen LogP contribution in [0.15, 0.2) is 12.1 Å². The summed E-state index contributed by atoms with van der Waals surface area (Å²) in [5.41, 5.74) is 0.498. The smallest absolute Gasteiger partial charge is 0.177 e. The van der Waals surface area contributed by atoms with Crippen LogP contribution in [0.3, 0.4) is 0 Å². The fraction of sp³-hybridized carbons (Fsp3) is 0.111. The van der Waals surface area contributed by atoms with Gasteiger partial charge in [-0.05, 0) is 34.7 Å². The normalized spacial score (nSPS) is 9.50. The van der Waals surface area contributed by atoms with Crippen LogP contribution in [0.4, 0.5) is 0 Å². The number of phenols is 1. The number of hydrogen-bond donors (Lipinski definition) is 1. The van der Waals surface area contributed by atoms with Crippen LogP contribution in [-0.2, 0) is 0 Å². The van der Waals surface area contributed by atoms with Gasteiger partial charge in [-0.25, -0.2) is 0 Å². The summed E-state index contributed by atoms with van der Waals surface area (Å²) in [6, 6.07) is 4.63. The summed E-state index contributed by atoms with van der Waals surface area (Å²) in [6.07, 6.45) is 0. The van der Waals surface area contributed by atoms with Crippen molar-refractivity contribution in [1.29, 1.82) is 5.26 Å². The van der Waals surface area contributed by atoms with E-state index >= 15 is 0 Å². The molecule has 3 nitrogen and oxygen atoms in total. The molecule has 0 unspecified atom stereocenters. The topological polar surface area (TPSA) is 61.1 Å². The summed E-state index contributed by atoms with van der Waals surface area (Å²) in [4.78, 5) is 11.2. The van der Waals surface area contributed by atoms with Crippen LogP contribution in [0.5, 0.6) is 5.75 Å². The zero-order valence-corrected chi connectivity index (χ0v) is 9.83. The van der Waals surface area contributed by atoms with Crippen molar-refractivity contribution in [1.82, 2.24) is 0 Å². The fourth-order valence-electron chi connectivity index (χ4n) is 0.941. The first-order valence-corrected chi connectivity index (χ1v) is 5.23. The van der Waals surface area contributed by atoms with E-state index in [1.165, 1.54) is 12.1 Å². The van der Waals surface area contributed by atoms with Crippen LogP contribution in [0, 0.1) is 14.9 Å². The number of ketones is 1. The number of phenolic OH excluding ortho intramolecular Hbond substituents is 1. The van der Waals surface area contributed by atoms with Crippen molar-refractivity contribution in [3.05, 3.63) is 26.8 Å². The van der Waals surface area contributed by atoms with Gasteiger partial charge in [0.2, 0.25) is 0 Å². The summed E-state index contributed by atoms with van der Waals surface area (Å²) in [5.74, 6) is -0.598. The summed E-state index contributed by atoms with van der Waals surface area (Å²) in [6.45, 7) is 0. The van der Waals surface area contributed by atoms with Gasteiger partial charge < -0.3 is 5.11 Å². The lowest BCUT2D eigenvalue weighted by atomic mass is 10.1. The first-order chi connectivity index (χ1) is 6.60. The molecule has 1 rings (SSSR count). The maximum atomic E-state index is 11.2. The second kappa shape index (κ2) is 4.62. The van der Waals surface area contributed by atoms with E-state index in [4.69, 9.17) is 16.9 Å². The number of hydrogen-bond acceptors (Lipinski definition) is 3. The average Bonchev–Trinajstić information content (AvgIpc) is 2.16. The van der Waals surface area contributed by atoms with Gasteiger partial charge in [-0.2, -0.15) is 5.26 Å². The molecular weight excluding hydrogens is 316 g/mol. The lowest BCUT2D eigenvalue weighted by molar-refractivity contribution is 0.102. The Morgan fingerprint density at radius 2 is 2.29 bits per heavy atom. The van der Waals surface area contributed by atoms with Crippen LogP contribution < -0.4 is 0 Å². The lowest BCUT2D eigenvalue weighted by Gasteiger charge is -2.02. The highest BCUT2D eigenvalue weighted by molar-refractivity contribution is 14.1. The molecule has 0 radical (unpaired) electrons. The minimum absolute atomic E-state index is 0.137. The van der Waals surface area contributed by atoms with E-state index in [0.717, 1.165) is 0 Å². The van der Waals surface area contributed by atoms with Crippen LogP contribution in [-0.4, -0.2) is 16.8 Å². The molecule has 0 bridgehead atoms. The number of rotatable bonds is 2. The van der Waals surface area contributed by atoms with E-state index in [1.807, 2.05) is 28.7 Å². The Hall–Kier alpha value is -0.800. The molecule has 0 fully saturated rings. The standard InChI is InChI=1S/C9H5ClINO2/c10-3-9(14)5-1-7(11)6(4-12)8(13)2-5/h1-2,13H,3H2. The number of halogens is 2. The van der Waals surface area contributed by atoms with Gasteiger partial charge in [0.15, 0.2) is 5.78 Å². The van der Waals surface area contributed by atoms with Crippen molar-refractivity contribution < 1.29 is 9.90 Å². The van der Waals surface area contributed by atoms with E-state index in [1.54, 1.807) is 0 Å². The minimum Gasteiger partial charge on any atom is -0.507 e. The minimum atomic E-state index is -0.274. The second-order valence-electron chi connectivity index (χ2n) is 2.52. The molecule has 0 saturated carbocycles. The van der Waals surface area contributed by atoms with Crippen molar-refractivity contribution in [3.63, 3.8) is 0 Å². The van der Waals surface area contributed by atoms with Crippen molar-refractivity contribution in [2.75, 3.05) is 5.88 Å². The number of alkyl halides is 1. The van der Waals surface area contributed by atoms with E-state index < -0.39 is 0 Å². The van der Waals surface area contributed by atoms with Crippen LogP contribution in [0.2, 0.25) is 0 Å². The molecular formula is C9H5ClINO2. The van der Waals surface area contributed by atoms with E-state index in [-0.39, 0.29) is 23.0 Å². The van der Waals surface area contributed by atoms with Gasteiger partial charge in [-0.1, -0.05) is 0 Å². The quantitative estimate of drug-likeness (QED) is 0.516. The molecule has 14 heavy (non-hydrogen) atoms. The zero-order chi connectivity index (χ0) is 10.7. The maximum absolute atomic E-state index is 11.2. The first-order valence-electron chi connectivity index (χ1n) is 3.62. The zero-order valence-electron chi connectivity index (χ0n) is 6.92. The Morgan fingerprint density at radius 3 is 2.71 bits per heavy atom. The SMILES string of the molecule is N#Cc1c(O)cc(C(=O)CCl)cc1I. The highest BCUT2D eigenvalue weighted by Gasteiger charge is 2.11. The largest absolute Gasteiger partial charge is 0.507 e. The molecule has 0 aromatic heterocycles. The number of carbonyl (C=O) groups is 1. The molecule has 0 aliphatic carbocycles. The van der Waals surface area contributed by atoms with Gasteiger partial charge in [-0.15, -0.1) is 11.6 Å². The van der Waals surface area contributed by atoms with Crippen molar-refractivity contribution in [3.8, 4) is 11.8 Å². The Labute approximate surface area is 99.4 Å². The molecule has 0 spiro atoms. The number of carbonyl (C=O) groups excluding carboxylic acids is 1. The van der Waals surface area contributed by atoms with Crippen LogP contribution >= 0.6 is 34.2 Å². The van der Waals surface area contributed by atoms with Crippen molar-refractivity contribution in [2.45, 2.75) is 0 Å². The van der Waals surface area contributed by atoms with Gasteiger partial charge in [0.1, 0.15) is 17.4 Å². The summed E-state index contributed by atoms with van der Waals surface area (Å²) < 4.78 is 0.540. The van der Waals surface area contributed by atoms with Crippen molar-refractivity contribution in [2.24, 2.45) is 0 Å². The Bertz CT molecular complexity index is 402. The first kappa shape index (κ1) is 11.3. The van der Waals surface area contributed by atoms with Gasteiger partial charge in [0.25, 0.3) is 0 Å². The van der Waals surface area contributed by atoms with Gasteiger partial charge in [0, 0.05) is 9.13 Å². The van der Waals surface area contributed by atoms with Gasteiger partial charge in [-0.3, -0.25) is 4.79 Å². The Kier molecular flexibility index (Phi) is 3.72. The molecule has 1 N–H and O–H groups in total. The molecule has 0 atom stereocenters. The summed E-state index contributed by atoms with van der Waals surface area (Å²) in [5, 5.41) is 18.1. The monoisotopic (exact) mass is 321 g/mol. The highest BCUT2D eigenvalue weighted by Crippen LogP contribution is 2.24. The fourth-order valence-corrected chi connectivity index (χ4v) is 1.83. The molecule has 0 saturated heterocycles. The number of nitriles is 1. The predicted molar refractivity (Wildman–Crippen MR) is 60.6 cm³/mol. The molecule has 1 aromatic carbocycles. The summed E-state index contributed by atoms with van der Waals surface area (Å²) >= 11 is 7.25. The predicted octanol–water partition coefficient (Wildman–Crippen LogP) is 2.29. The Morgan fingerprint density at radius 1 is 1.64 bits per heavy atom. The lowest BCUT2D eigenvalue weighted by Crippen LogP contribution is -2.01.